The van der Waals surface area contributed by atoms with Crippen LogP contribution in [0.25, 0.3) is 22.2 Å². The molecule has 2 N–H and O–H groups in total. The summed E-state index contributed by atoms with van der Waals surface area (Å²) in [5, 5.41) is 0. The van der Waals surface area contributed by atoms with Crippen LogP contribution in [0.15, 0.2) is 41.2 Å². The van der Waals surface area contributed by atoms with Gasteiger partial charge in [0.05, 0.1) is 11.0 Å². The van der Waals surface area contributed by atoms with Gasteiger partial charge in [0.25, 0.3) is 0 Å². The van der Waals surface area contributed by atoms with Gasteiger partial charge < -0.3 is 9.97 Å². The molecule has 0 amide bonds. The van der Waals surface area contributed by atoms with Crippen molar-refractivity contribution < 1.29 is 0 Å². The SMILES string of the molecule is Cc1c(CN2CCCC2)cccc1-c1ccc2[nH]c(=O)[nH]c2c1. The standard InChI is InChI=1S/C19H21N3O/c1-13-15(12-22-9-2-3-10-22)5-4-6-16(13)14-7-8-17-18(11-14)21-19(23)20-17/h4-8,11H,2-3,9-10,12H2,1H3,(H2,20,21,23). The van der Waals surface area contributed by atoms with Crippen LogP contribution in [0.3, 0.4) is 0 Å². The predicted octanol–water partition coefficient (Wildman–Crippen LogP) is 3.43. The molecule has 3 aromatic rings. The zero-order chi connectivity index (χ0) is 15.8. The molecule has 118 valence electrons. The molecule has 0 atom stereocenters. The molecule has 0 aliphatic carbocycles. The normalized spacial score (nSPS) is 15.5. The third kappa shape index (κ3) is 2.70. The molecule has 1 saturated heterocycles. The first-order valence-corrected chi connectivity index (χ1v) is 8.24. The van der Waals surface area contributed by atoms with Gasteiger partial charge in [0.1, 0.15) is 0 Å². The second kappa shape index (κ2) is 5.70. The van der Waals surface area contributed by atoms with Gasteiger partial charge in [-0.25, -0.2) is 4.79 Å². The molecule has 1 aliphatic heterocycles. The molecule has 0 unspecified atom stereocenters. The molecule has 2 aromatic carbocycles. The number of benzene rings is 2. The Morgan fingerprint density at radius 2 is 1.83 bits per heavy atom. The lowest BCUT2D eigenvalue weighted by Crippen LogP contribution is -2.19. The Bertz CT molecular complexity index is 900. The predicted molar refractivity (Wildman–Crippen MR) is 93.6 cm³/mol. The Morgan fingerprint density at radius 1 is 1.04 bits per heavy atom. The number of aromatic amines is 2. The monoisotopic (exact) mass is 307 g/mol. The van der Waals surface area contributed by atoms with E-state index in [1.807, 2.05) is 6.07 Å². The number of nitrogens with one attached hydrogen (secondary N) is 2. The number of aromatic nitrogens is 2. The average molecular weight is 307 g/mol. The van der Waals surface area contributed by atoms with Crippen molar-refractivity contribution in [2.45, 2.75) is 26.3 Å². The van der Waals surface area contributed by atoms with Crippen molar-refractivity contribution in [3.05, 3.63) is 58.0 Å². The summed E-state index contributed by atoms with van der Waals surface area (Å²) in [6.45, 7) is 5.65. The van der Waals surface area contributed by atoms with E-state index >= 15 is 0 Å². The molecule has 0 spiro atoms. The lowest BCUT2D eigenvalue weighted by molar-refractivity contribution is 0.331. The van der Waals surface area contributed by atoms with E-state index in [0.29, 0.717) is 0 Å². The maximum Gasteiger partial charge on any atom is 0.323 e. The van der Waals surface area contributed by atoms with Crippen molar-refractivity contribution in [1.29, 1.82) is 0 Å². The lowest BCUT2D eigenvalue weighted by atomic mass is 9.96. The summed E-state index contributed by atoms with van der Waals surface area (Å²) in [6.07, 6.45) is 2.63. The second-order valence-electron chi connectivity index (χ2n) is 6.41. The summed E-state index contributed by atoms with van der Waals surface area (Å²) in [7, 11) is 0. The highest BCUT2D eigenvalue weighted by Crippen LogP contribution is 2.28. The van der Waals surface area contributed by atoms with E-state index < -0.39 is 0 Å². The molecule has 2 heterocycles. The molecular weight excluding hydrogens is 286 g/mol. The fourth-order valence-corrected chi connectivity index (χ4v) is 3.55. The van der Waals surface area contributed by atoms with Gasteiger partial charge in [-0.15, -0.1) is 0 Å². The summed E-state index contributed by atoms with van der Waals surface area (Å²) in [5.41, 5.74) is 6.67. The van der Waals surface area contributed by atoms with E-state index in [0.717, 1.165) is 23.1 Å². The van der Waals surface area contributed by atoms with E-state index in [1.165, 1.54) is 42.6 Å². The van der Waals surface area contributed by atoms with E-state index in [1.54, 1.807) is 0 Å². The van der Waals surface area contributed by atoms with Crippen LogP contribution in [-0.4, -0.2) is 28.0 Å². The smallest absolute Gasteiger partial charge is 0.306 e. The number of hydrogen-bond acceptors (Lipinski definition) is 2. The Hall–Kier alpha value is -2.33. The maximum absolute atomic E-state index is 11.4. The molecule has 0 radical (unpaired) electrons. The summed E-state index contributed by atoms with van der Waals surface area (Å²) in [5.74, 6) is 0. The Kier molecular flexibility index (Phi) is 3.54. The van der Waals surface area contributed by atoms with Gasteiger partial charge in [-0.3, -0.25) is 4.90 Å². The number of nitrogens with zero attached hydrogens (tertiary/aromatic N) is 1. The summed E-state index contributed by atoms with van der Waals surface area (Å²) < 4.78 is 0. The zero-order valence-corrected chi connectivity index (χ0v) is 13.4. The number of hydrogen-bond donors (Lipinski definition) is 2. The van der Waals surface area contributed by atoms with Crippen LogP contribution in [0.4, 0.5) is 0 Å². The van der Waals surface area contributed by atoms with Gasteiger partial charge in [-0.1, -0.05) is 24.3 Å². The summed E-state index contributed by atoms with van der Waals surface area (Å²) >= 11 is 0. The number of likely N-dealkylation sites (tertiary alicyclic amines) is 1. The Balaban J connectivity index is 1.73. The van der Waals surface area contributed by atoms with E-state index in [2.05, 4.69) is 52.1 Å². The first kappa shape index (κ1) is 14.3. The molecule has 4 rings (SSSR count). The minimum absolute atomic E-state index is 0.156. The van der Waals surface area contributed by atoms with Gasteiger partial charge in [0, 0.05) is 6.54 Å². The van der Waals surface area contributed by atoms with Crippen molar-refractivity contribution in [3.63, 3.8) is 0 Å². The van der Waals surface area contributed by atoms with Crippen LogP contribution < -0.4 is 5.69 Å². The first-order chi connectivity index (χ1) is 11.2. The quantitative estimate of drug-likeness (QED) is 0.779. The lowest BCUT2D eigenvalue weighted by Gasteiger charge is -2.18. The fourth-order valence-electron chi connectivity index (χ4n) is 3.55. The highest BCUT2D eigenvalue weighted by atomic mass is 16.1. The molecule has 1 fully saturated rings. The second-order valence-corrected chi connectivity index (χ2v) is 6.41. The zero-order valence-electron chi connectivity index (χ0n) is 13.4. The third-order valence-electron chi connectivity index (χ3n) is 4.87. The van der Waals surface area contributed by atoms with Gasteiger partial charge in [-0.2, -0.15) is 0 Å². The number of fused-ring (bicyclic) bond motifs is 1. The summed E-state index contributed by atoms with van der Waals surface area (Å²) in [6, 6.07) is 12.6. The minimum atomic E-state index is -0.156. The molecule has 23 heavy (non-hydrogen) atoms. The van der Waals surface area contributed by atoms with Crippen molar-refractivity contribution >= 4 is 11.0 Å². The van der Waals surface area contributed by atoms with Crippen LogP contribution in [0.5, 0.6) is 0 Å². The first-order valence-electron chi connectivity index (χ1n) is 8.24. The van der Waals surface area contributed by atoms with Gasteiger partial charge >= 0.3 is 5.69 Å². The Morgan fingerprint density at radius 3 is 2.65 bits per heavy atom. The van der Waals surface area contributed by atoms with Crippen molar-refractivity contribution in [2.75, 3.05) is 13.1 Å². The van der Waals surface area contributed by atoms with E-state index in [4.69, 9.17) is 0 Å². The van der Waals surface area contributed by atoms with Crippen LogP contribution in [0, 0.1) is 6.92 Å². The van der Waals surface area contributed by atoms with Crippen molar-refractivity contribution in [3.8, 4) is 11.1 Å². The van der Waals surface area contributed by atoms with Crippen LogP contribution in [0.1, 0.15) is 24.0 Å². The van der Waals surface area contributed by atoms with Gasteiger partial charge in [-0.05, 0) is 67.2 Å². The molecule has 4 nitrogen and oxygen atoms in total. The molecule has 4 heteroatoms. The minimum Gasteiger partial charge on any atom is -0.306 e. The Labute approximate surface area is 135 Å². The van der Waals surface area contributed by atoms with E-state index in [-0.39, 0.29) is 5.69 Å². The van der Waals surface area contributed by atoms with Crippen LogP contribution in [-0.2, 0) is 6.54 Å². The molecular formula is C19H21N3O. The van der Waals surface area contributed by atoms with Crippen molar-refractivity contribution in [1.82, 2.24) is 14.9 Å². The molecule has 0 saturated carbocycles. The largest absolute Gasteiger partial charge is 0.323 e. The van der Waals surface area contributed by atoms with Crippen molar-refractivity contribution in [2.24, 2.45) is 0 Å². The average Bonchev–Trinajstić information content (AvgIpc) is 3.17. The van der Waals surface area contributed by atoms with Crippen LogP contribution >= 0.6 is 0 Å². The topological polar surface area (TPSA) is 51.9 Å². The number of imidazole rings is 1. The number of H-pyrrole nitrogens is 2. The van der Waals surface area contributed by atoms with Gasteiger partial charge in [0.15, 0.2) is 0 Å². The van der Waals surface area contributed by atoms with Gasteiger partial charge in [0.2, 0.25) is 0 Å². The van der Waals surface area contributed by atoms with Crippen LogP contribution in [0.2, 0.25) is 0 Å². The third-order valence-corrected chi connectivity index (χ3v) is 4.87. The highest BCUT2D eigenvalue weighted by Gasteiger charge is 2.14. The number of rotatable bonds is 3. The molecule has 1 aliphatic rings. The highest BCUT2D eigenvalue weighted by molar-refractivity contribution is 5.82. The summed E-state index contributed by atoms with van der Waals surface area (Å²) in [4.78, 5) is 19.6. The maximum atomic E-state index is 11.4. The fraction of sp³-hybridized carbons (Fsp3) is 0.316. The molecule has 0 bridgehead atoms. The van der Waals surface area contributed by atoms with E-state index in [9.17, 15) is 4.79 Å². The molecule has 1 aromatic heterocycles.